The summed E-state index contributed by atoms with van der Waals surface area (Å²) in [5, 5.41) is 4.21. The van der Waals surface area contributed by atoms with Crippen molar-refractivity contribution in [2.24, 2.45) is 11.7 Å². The second-order valence-corrected chi connectivity index (χ2v) is 6.54. The Kier molecular flexibility index (Phi) is 4.08. The molecule has 5 heteroatoms. The van der Waals surface area contributed by atoms with Crippen molar-refractivity contribution in [3.05, 3.63) is 11.7 Å². The fourth-order valence-corrected chi connectivity index (χ4v) is 3.38. The van der Waals surface area contributed by atoms with E-state index in [0.717, 1.165) is 49.9 Å². The highest BCUT2D eigenvalue weighted by Gasteiger charge is 2.40. The second-order valence-electron chi connectivity index (χ2n) is 6.54. The standard InChI is InChI=1S/C15H25N3O2/c1-11-4-6-15(10-16,7-5-11)14-17-13(18-20-14)12-3-2-8-19-9-12/h11-12H,2-10,16H2,1H3. The Morgan fingerprint density at radius 1 is 1.30 bits per heavy atom. The van der Waals surface area contributed by atoms with E-state index in [2.05, 4.69) is 17.1 Å². The normalized spacial score (nSPS) is 35.1. The van der Waals surface area contributed by atoms with Gasteiger partial charge in [0.25, 0.3) is 0 Å². The van der Waals surface area contributed by atoms with Crippen molar-refractivity contribution in [2.45, 2.75) is 56.8 Å². The highest BCUT2D eigenvalue weighted by Crippen LogP contribution is 2.40. The number of ether oxygens (including phenoxy) is 1. The zero-order valence-corrected chi connectivity index (χ0v) is 12.3. The minimum Gasteiger partial charge on any atom is -0.381 e. The molecular formula is C15H25N3O2. The summed E-state index contributed by atoms with van der Waals surface area (Å²) >= 11 is 0. The summed E-state index contributed by atoms with van der Waals surface area (Å²) in [5.74, 6) is 2.64. The second kappa shape index (κ2) is 5.82. The molecule has 2 fully saturated rings. The molecule has 2 heterocycles. The number of hydrogen-bond donors (Lipinski definition) is 1. The third kappa shape index (κ3) is 2.61. The summed E-state index contributed by atoms with van der Waals surface area (Å²) in [4.78, 5) is 4.69. The molecule has 1 aromatic rings. The van der Waals surface area contributed by atoms with Crippen LogP contribution in [0.5, 0.6) is 0 Å². The van der Waals surface area contributed by atoms with E-state index in [1.165, 1.54) is 12.8 Å². The fraction of sp³-hybridized carbons (Fsp3) is 0.867. The van der Waals surface area contributed by atoms with Crippen LogP contribution in [0.15, 0.2) is 4.52 Å². The number of rotatable bonds is 3. The third-order valence-electron chi connectivity index (χ3n) is 5.04. The summed E-state index contributed by atoms with van der Waals surface area (Å²) < 4.78 is 11.1. The van der Waals surface area contributed by atoms with Gasteiger partial charge >= 0.3 is 0 Å². The number of nitrogens with zero attached hydrogens (tertiary/aromatic N) is 2. The molecule has 0 amide bonds. The predicted molar refractivity (Wildman–Crippen MR) is 75.5 cm³/mol. The monoisotopic (exact) mass is 279 g/mol. The van der Waals surface area contributed by atoms with E-state index in [1.54, 1.807) is 0 Å². The van der Waals surface area contributed by atoms with E-state index >= 15 is 0 Å². The van der Waals surface area contributed by atoms with Gasteiger partial charge < -0.3 is 15.0 Å². The SMILES string of the molecule is CC1CCC(CN)(c2nc(C3CCCOC3)no2)CC1. The first-order chi connectivity index (χ1) is 9.73. The van der Waals surface area contributed by atoms with Crippen molar-refractivity contribution in [1.82, 2.24) is 10.1 Å². The Balaban J connectivity index is 1.77. The first kappa shape index (κ1) is 14.0. The lowest BCUT2D eigenvalue weighted by Crippen LogP contribution is -2.39. The quantitative estimate of drug-likeness (QED) is 0.919. The van der Waals surface area contributed by atoms with E-state index in [4.69, 9.17) is 15.0 Å². The van der Waals surface area contributed by atoms with Crippen molar-refractivity contribution < 1.29 is 9.26 Å². The highest BCUT2D eigenvalue weighted by atomic mass is 16.5. The van der Waals surface area contributed by atoms with Crippen LogP contribution in [0.3, 0.4) is 0 Å². The van der Waals surface area contributed by atoms with Crippen LogP contribution < -0.4 is 5.73 Å². The van der Waals surface area contributed by atoms with Crippen molar-refractivity contribution in [2.75, 3.05) is 19.8 Å². The predicted octanol–water partition coefficient (Wildman–Crippen LogP) is 2.37. The van der Waals surface area contributed by atoms with Gasteiger partial charge in [-0.3, -0.25) is 0 Å². The molecule has 0 aromatic carbocycles. The van der Waals surface area contributed by atoms with E-state index in [0.29, 0.717) is 19.1 Å². The lowest BCUT2D eigenvalue weighted by molar-refractivity contribution is 0.0773. The Bertz CT molecular complexity index is 432. The molecule has 1 saturated heterocycles. The van der Waals surface area contributed by atoms with Gasteiger partial charge in [0.2, 0.25) is 5.89 Å². The van der Waals surface area contributed by atoms with Gasteiger partial charge in [-0.1, -0.05) is 12.1 Å². The Labute approximate surface area is 120 Å². The average molecular weight is 279 g/mol. The van der Waals surface area contributed by atoms with E-state index in [1.807, 2.05) is 0 Å². The largest absolute Gasteiger partial charge is 0.381 e. The Hall–Kier alpha value is -0.940. The van der Waals surface area contributed by atoms with Crippen LogP contribution in [0.2, 0.25) is 0 Å². The maximum Gasteiger partial charge on any atom is 0.234 e. The van der Waals surface area contributed by atoms with Crippen molar-refractivity contribution in [1.29, 1.82) is 0 Å². The van der Waals surface area contributed by atoms with Crippen LogP contribution in [0.4, 0.5) is 0 Å². The summed E-state index contributed by atoms with van der Waals surface area (Å²) in [6.07, 6.45) is 6.68. The highest BCUT2D eigenvalue weighted by molar-refractivity contribution is 5.10. The molecule has 1 aromatic heterocycles. The molecule has 5 nitrogen and oxygen atoms in total. The maximum absolute atomic E-state index is 6.05. The molecule has 1 atom stereocenters. The lowest BCUT2D eigenvalue weighted by atomic mass is 9.71. The molecule has 1 aliphatic carbocycles. The molecule has 20 heavy (non-hydrogen) atoms. The molecule has 1 unspecified atom stereocenters. The Morgan fingerprint density at radius 2 is 2.10 bits per heavy atom. The minimum absolute atomic E-state index is 0.0900. The summed E-state index contributed by atoms with van der Waals surface area (Å²) in [7, 11) is 0. The molecule has 0 bridgehead atoms. The van der Waals surface area contributed by atoms with Crippen LogP contribution in [-0.4, -0.2) is 29.9 Å². The smallest absolute Gasteiger partial charge is 0.234 e. The summed E-state index contributed by atoms with van der Waals surface area (Å²) in [6.45, 7) is 4.47. The van der Waals surface area contributed by atoms with Crippen LogP contribution in [0, 0.1) is 5.92 Å². The van der Waals surface area contributed by atoms with Gasteiger partial charge in [-0.2, -0.15) is 4.98 Å². The maximum atomic E-state index is 6.05. The number of aromatic nitrogens is 2. The van der Waals surface area contributed by atoms with Gasteiger partial charge in [0.1, 0.15) is 0 Å². The first-order valence-corrected chi connectivity index (χ1v) is 7.85. The fourth-order valence-electron chi connectivity index (χ4n) is 3.38. The van der Waals surface area contributed by atoms with Gasteiger partial charge in [0.05, 0.1) is 12.0 Å². The summed E-state index contributed by atoms with van der Waals surface area (Å²) in [5.41, 5.74) is 5.96. The number of hydrogen-bond acceptors (Lipinski definition) is 5. The average Bonchev–Trinajstić information content (AvgIpc) is 3.00. The van der Waals surface area contributed by atoms with Crippen molar-refractivity contribution >= 4 is 0 Å². The first-order valence-electron chi connectivity index (χ1n) is 7.85. The van der Waals surface area contributed by atoms with Gasteiger partial charge in [0, 0.05) is 19.1 Å². The third-order valence-corrected chi connectivity index (χ3v) is 5.04. The molecule has 0 spiro atoms. The van der Waals surface area contributed by atoms with Gasteiger partial charge in [-0.05, 0) is 44.4 Å². The van der Waals surface area contributed by atoms with Crippen molar-refractivity contribution in [3.63, 3.8) is 0 Å². The van der Waals surface area contributed by atoms with Gasteiger partial charge in [0.15, 0.2) is 5.82 Å². The van der Waals surface area contributed by atoms with E-state index in [-0.39, 0.29) is 5.41 Å². The zero-order chi connectivity index (χ0) is 14.0. The molecule has 0 radical (unpaired) electrons. The molecule has 112 valence electrons. The molecule has 2 aliphatic rings. The van der Waals surface area contributed by atoms with Gasteiger partial charge in [-0.25, -0.2) is 0 Å². The van der Waals surface area contributed by atoms with Crippen molar-refractivity contribution in [3.8, 4) is 0 Å². The van der Waals surface area contributed by atoms with Crippen LogP contribution in [0.1, 0.15) is 63.1 Å². The zero-order valence-electron chi connectivity index (χ0n) is 12.3. The van der Waals surface area contributed by atoms with Crippen LogP contribution >= 0.6 is 0 Å². The molecule has 1 aliphatic heterocycles. The molecule has 3 rings (SSSR count). The minimum atomic E-state index is -0.0900. The lowest BCUT2D eigenvalue weighted by Gasteiger charge is -2.35. The Morgan fingerprint density at radius 3 is 2.75 bits per heavy atom. The topological polar surface area (TPSA) is 74.2 Å². The van der Waals surface area contributed by atoms with Crippen LogP contribution in [-0.2, 0) is 10.2 Å². The van der Waals surface area contributed by atoms with E-state index in [9.17, 15) is 0 Å². The van der Waals surface area contributed by atoms with Gasteiger partial charge in [-0.15, -0.1) is 0 Å². The molecule has 1 saturated carbocycles. The molecular weight excluding hydrogens is 254 g/mol. The van der Waals surface area contributed by atoms with E-state index < -0.39 is 0 Å². The molecule has 2 N–H and O–H groups in total. The summed E-state index contributed by atoms with van der Waals surface area (Å²) in [6, 6.07) is 0. The number of nitrogens with two attached hydrogens (primary N) is 1. The van der Waals surface area contributed by atoms with Crippen LogP contribution in [0.25, 0.3) is 0 Å².